The van der Waals surface area contributed by atoms with Crippen LogP contribution in [0.3, 0.4) is 0 Å². The van der Waals surface area contributed by atoms with E-state index in [9.17, 15) is 24.2 Å². The zero-order valence-corrected chi connectivity index (χ0v) is 28.8. The number of anilines is 1. The third kappa shape index (κ3) is 7.69. The number of nitrogens with zero attached hydrogens (tertiary/aromatic N) is 4. The average Bonchev–Trinajstić information content (AvgIpc) is 3.59. The van der Waals surface area contributed by atoms with Crippen molar-refractivity contribution in [1.29, 1.82) is 5.26 Å². The zero-order chi connectivity index (χ0) is 36.3. The van der Waals surface area contributed by atoms with E-state index >= 15 is 0 Å². The Balaban J connectivity index is 1.38. The number of hydrogen-bond donors (Lipinski definition) is 2. The fraction of sp³-hybridized carbons (Fsp3) is 0.500. The van der Waals surface area contributed by atoms with Crippen LogP contribution in [-0.2, 0) is 51.9 Å². The Bertz CT molecular complexity index is 1840. The molecule has 51 heavy (non-hydrogen) atoms. The topological polar surface area (TPSA) is 234 Å². The minimum atomic E-state index is -4.57. The van der Waals surface area contributed by atoms with Crippen LogP contribution in [0.4, 0.5) is 5.82 Å². The number of ether oxygens (including phenoxy) is 6. The molecule has 0 saturated carbocycles. The maximum Gasteiger partial charge on any atom is 0.459 e. The van der Waals surface area contributed by atoms with Gasteiger partial charge in [-0.25, -0.2) is 14.1 Å². The molecule has 0 bridgehead atoms. The maximum absolute atomic E-state index is 14.4. The van der Waals surface area contributed by atoms with Crippen LogP contribution in [0, 0.1) is 23.2 Å². The molecule has 1 aromatic carbocycles. The molecule has 3 N–H and O–H groups in total. The van der Waals surface area contributed by atoms with E-state index in [2.05, 4.69) is 15.2 Å². The number of para-hydroxylation sites is 1. The van der Waals surface area contributed by atoms with Crippen LogP contribution in [-0.4, -0.2) is 95.5 Å². The number of nitrogens with two attached hydrogens (primary N) is 1. The highest BCUT2D eigenvalue weighted by Crippen LogP contribution is 2.50. The Morgan fingerprint density at radius 2 is 1.73 bits per heavy atom. The van der Waals surface area contributed by atoms with Crippen LogP contribution in [0.5, 0.6) is 5.75 Å². The Labute approximate surface area is 291 Å². The lowest BCUT2D eigenvalue weighted by Gasteiger charge is -2.33. The number of rotatable bonds is 14. The molecule has 3 aromatic rings. The van der Waals surface area contributed by atoms with E-state index in [1.165, 1.54) is 29.9 Å². The SMILES string of the molecule is CC(C)OC(=O)C(C)N[P@](=O)(OC[C@@]1(C#N)O[C@@H](c2ccc3c(N)ncnn23)[C@H](OC(=O)C2COC2)[C@@H]1OC(=O)C1COC1)Oc1ccccc1. The van der Waals surface area contributed by atoms with Gasteiger partial charge in [0.2, 0.25) is 5.60 Å². The molecule has 2 aromatic heterocycles. The number of fused-ring (bicyclic) bond motifs is 1. The first-order valence-corrected chi connectivity index (χ1v) is 17.7. The highest BCUT2D eigenvalue weighted by Gasteiger charge is 2.63. The van der Waals surface area contributed by atoms with Gasteiger partial charge >= 0.3 is 25.7 Å². The van der Waals surface area contributed by atoms with Crippen LogP contribution >= 0.6 is 7.75 Å². The normalized spacial score (nSPS) is 25.2. The second kappa shape index (κ2) is 14.9. The number of nitrogens with one attached hydrogen (secondary N) is 1. The molecule has 0 amide bonds. The number of nitrogen functional groups attached to an aromatic ring is 1. The van der Waals surface area contributed by atoms with Gasteiger partial charge in [-0.15, -0.1) is 0 Å². The summed E-state index contributed by atoms with van der Waals surface area (Å²) in [5, 5.41) is 17.7. The minimum absolute atomic E-state index is 0.0731. The van der Waals surface area contributed by atoms with Crippen molar-refractivity contribution in [2.24, 2.45) is 11.8 Å². The molecule has 6 atom stereocenters. The number of esters is 3. The van der Waals surface area contributed by atoms with Crippen molar-refractivity contribution < 1.29 is 56.4 Å². The maximum atomic E-state index is 14.4. The predicted molar refractivity (Wildman–Crippen MR) is 172 cm³/mol. The Morgan fingerprint density at radius 3 is 2.33 bits per heavy atom. The van der Waals surface area contributed by atoms with E-state index in [1.54, 1.807) is 44.2 Å². The third-order valence-corrected chi connectivity index (χ3v) is 9.92. The molecule has 18 nitrogen and oxygen atoms in total. The van der Waals surface area contributed by atoms with E-state index in [1.807, 2.05) is 6.07 Å². The third-order valence-electron chi connectivity index (χ3n) is 8.30. The number of aromatic nitrogens is 3. The molecule has 0 spiro atoms. The van der Waals surface area contributed by atoms with E-state index in [0.29, 0.717) is 5.52 Å². The summed E-state index contributed by atoms with van der Waals surface area (Å²) in [5.74, 6) is -3.23. The first-order valence-electron chi connectivity index (χ1n) is 16.1. The summed E-state index contributed by atoms with van der Waals surface area (Å²) in [4.78, 5) is 43.4. The fourth-order valence-corrected chi connectivity index (χ4v) is 6.96. The summed E-state index contributed by atoms with van der Waals surface area (Å²) in [6.07, 6.45) is -3.69. The van der Waals surface area contributed by atoms with Crippen molar-refractivity contribution in [3.63, 3.8) is 0 Å². The summed E-state index contributed by atoms with van der Waals surface area (Å²) in [6.45, 7) is 4.18. The molecule has 3 aliphatic heterocycles. The molecular formula is C32H37N6O12P. The largest absolute Gasteiger partial charge is 0.462 e. The first kappa shape index (κ1) is 36.2. The molecule has 0 aliphatic carbocycles. The molecule has 272 valence electrons. The van der Waals surface area contributed by atoms with E-state index in [4.69, 9.17) is 43.2 Å². The summed E-state index contributed by atoms with van der Waals surface area (Å²) in [5.41, 5.74) is 4.43. The molecular weight excluding hydrogens is 691 g/mol. The van der Waals surface area contributed by atoms with Gasteiger partial charge in [-0.3, -0.25) is 18.9 Å². The quantitative estimate of drug-likeness (QED) is 0.137. The number of carbonyl (C=O) groups is 3. The molecule has 1 unspecified atom stereocenters. The smallest absolute Gasteiger partial charge is 0.459 e. The standard InChI is InChI=1S/C32H37N6O12P/c1-18(2)46-29(39)19(3)37-51(42,50-22-7-5-4-6-8-22)45-16-32(15-33)27(48-31(41)21-13-44-14-21)26(47-30(40)20-11-43-12-20)25(49-32)23-9-10-24-28(34)35-17-36-38(23)24/h4-10,17-21,25-27H,11-14,16H2,1-3H3,(H,37,42)(H2,34,35,36)/t19?,25-,26-,27-,32+,51-/m0/s1. The van der Waals surface area contributed by atoms with Crippen LogP contribution in [0.25, 0.3) is 5.52 Å². The second-order valence-corrected chi connectivity index (χ2v) is 14.2. The molecule has 3 fully saturated rings. The van der Waals surface area contributed by atoms with E-state index in [-0.39, 0.29) is 43.7 Å². The summed E-state index contributed by atoms with van der Waals surface area (Å²) in [6, 6.07) is 12.0. The van der Waals surface area contributed by atoms with Crippen molar-refractivity contribution in [3.8, 4) is 11.8 Å². The first-order chi connectivity index (χ1) is 24.4. The van der Waals surface area contributed by atoms with Gasteiger partial charge in [0.25, 0.3) is 0 Å². The predicted octanol–water partition coefficient (Wildman–Crippen LogP) is 1.89. The van der Waals surface area contributed by atoms with Gasteiger partial charge in [0.1, 0.15) is 54.3 Å². The molecule has 3 saturated heterocycles. The average molecular weight is 729 g/mol. The highest BCUT2D eigenvalue weighted by atomic mass is 31.2. The van der Waals surface area contributed by atoms with E-state index in [0.717, 1.165) is 0 Å². The summed E-state index contributed by atoms with van der Waals surface area (Å²) < 4.78 is 61.4. The Kier molecular flexibility index (Phi) is 10.6. The van der Waals surface area contributed by atoms with Gasteiger partial charge in [-0.1, -0.05) is 18.2 Å². The molecule has 0 radical (unpaired) electrons. The van der Waals surface area contributed by atoms with Crippen molar-refractivity contribution in [1.82, 2.24) is 19.7 Å². The molecule has 19 heteroatoms. The van der Waals surface area contributed by atoms with Gasteiger partial charge in [-0.2, -0.15) is 15.4 Å². The van der Waals surface area contributed by atoms with Gasteiger partial charge in [0.15, 0.2) is 18.0 Å². The lowest BCUT2D eigenvalue weighted by molar-refractivity contribution is -0.188. The van der Waals surface area contributed by atoms with Crippen molar-refractivity contribution in [3.05, 3.63) is 54.5 Å². The molecule has 5 heterocycles. The monoisotopic (exact) mass is 728 g/mol. The van der Waals surface area contributed by atoms with Crippen LogP contribution in [0.15, 0.2) is 48.8 Å². The lowest BCUT2D eigenvalue weighted by atomic mass is 9.95. The minimum Gasteiger partial charge on any atom is -0.462 e. The number of nitriles is 1. The second-order valence-electron chi connectivity index (χ2n) is 12.5. The fourth-order valence-electron chi connectivity index (χ4n) is 5.44. The number of hydrogen-bond acceptors (Lipinski definition) is 16. The summed E-state index contributed by atoms with van der Waals surface area (Å²) >= 11 is 0. The molecule has 6 rings (SSSR count). The number of carbonyl (C=O) groups excluding carboxylic acids is 3. The Morgan fingerprint density at radius 1 is 1.06 bits per heavy atom. The zero-order valence-electron chi connectivity index (χ0n) is 27.9. The van der Waals surface area contributed by atoms with E-state index < -0.39 is 80.2 Å². The van der Waals surface area contributed by atoms with Crippen molar-refractivity contribution in [2.45, 2.75) is 56.8 Å². The lowest BCUT2D eigenvalue weighted by Crippen LogP contribution is -2.52. The van der Waals surface area contributed by atoms with Crippen LogP contribution in [0.2, 0.25) is 0 Å². The summed E-state index contributed by atoms with van der Waals surface area (Å²) in [7, 11) is -4.57. The van der Waals surface area contributed by atoms with Gasteiger partial charge < -0.3 is 38.7 Å². The number of benzene rings is 1. The highest BCUT2D eigenvalue weighted by molar-refractivity contribution is 7.52. The van der Waals surface area contributed by atoms with Crippen LogP contribution < -0.4 is 15.3 Å². The van der Waals surface area contributed by atoms with Crippen molar-refractivity contribution in [2.75, 3.05) is 38.8 Å². The Hall–Kier alpha value is -4.63. The van der Waals surface area contributed by atoms with Crippen molar-refractivity contribution >= 4 is 37.0 Å². The van der Waals surface area contributed by atoms with Crippen LogP contribution in [0.1, 0.15) is 32.6 Å². The van der Waals surface area contributed by atoms with Gasteiger partial charge in [0.05, 0.1) is 38.2 Å². The van der Waals surface area contributed by atoms with Gasteiger partial charge in [-0.05, 0) is 45.0 Å². The van der Waals surface area contributed by atoms with Gasteiger partial charge in [0, 0.05) is 0 Å². The molecule has 3 aliphatic rings.